The van der Waals surface area contributed by atoms with Gasteiger partial charge in [-0.15, -0.1) is 0 Å². The van der Waals surface area contributed by atoms with Gasteiger partial charge in [0.2, 0.25) is 11.8 Å². The number of nitrogens with zero attached hydrogens (tertiary/aromatic N) is 2. The molecule has 1 saturated heterocycles. The molecule has 0 unspecified atom stereocenters. The number of nitrogens with two attached hydrogens (primary N) is 1. The van der Waals surface area contributed by atoms with E-state index < -0.39 is 24.0 Å². The molecular formula is C31H39N3O8. The van der Waals surface area contributed by atoms with Gasteiger partial charge in [0.1, 0.15) is 23.6 Å². The lowest BCUT2D eigenvalue weighted by molar-refractivity contribution is -0.142. The Morgan fingerprint density at radius 3 is 2.52 bits per heavy atom. The zero-order valence-electron chi connectivity index (χ0n) is 24.4. The van der Waals surface area contributed by atoms with Crippen molar-refractivity contribution in [3.8, 4) is 11.5 Å². The van der Waals surface area contributed by atoms with E-state index in [4.69, 9.17) is 24.7 Å². The Labute approximate surface area is 245 Å². The van der Waals surface area contributed by atoms with Gasteiger partial charge >= 0.3 is 11.9 Å². The third-order valence-corrected chi connectivity index (χ3v) is 7.82. The van der Waals surface area contributed by atoms with Crippen molar-refractivity contribution < 1.29 is 38.1 Å². The van der Waals surface area contributed by atoms with Crippen LogP contribution in [0.25, 0.3) is 10.9 Å². The summed E-state index contributed by atoms with van der Waals surface area (Å²) in [5, 5.41) is 0.652. The number of hydrogen-bond acceptors (Lipinski definition) is 9. The molecule has 1 aliphatic heterocycles. The molecule has 1 aliphatic carbocycles. The van der Waals surface area contributed by atoms with Crippen molar-refractivity contribution in [2.24, 2.45) is 17.6 Å². The summed E-state index contributed by atoms with van der Waals surface area (Å²) in [7, 11) is 4.22. The minimum Gasteiger partial charge on any atom is -0.497 e. The number of unbranched alkanes of at least 4 members (excludes halogenated alkanes) is 4. The van der Waals surface area contributed by atoms with Crippen molar-refractivity contribution in [2.45, 2.75) is 63.5 Å². The molecule has 1 aromatic carbocycles. The third-order valence-electron chi connectivity index (χ3n) is 7.82. The van der Waals surface area contributed by atoms with Crippen molar-refractivity contribution in [3.05, 3.63) is 42.1 Å². The van der Waals surface area contributed by atoms with Gasteiger partial charge in [-0.1, -0.05) is 25.0 Å². The molecule has 2 N–H and O–H groups in total. The number of amides is 2. The summed E-state index contributed by atoms with van der Waals surface area (Å²) in [4.78, 5) is 54.9. The number of methoxy groups -OCH3 is 3. The lowest BCUT2D eigenvalue weighted by atomic mass is 10.1. The first-order chi connectivity index (χ1) is 20.2. The summed E-state index contributed by atoms with van der Waals surface area (Å²) in [5.74, 6) is -0.185. The lowest BCUT2D eigenvalue weighted by Gasteiger charge is -2.22. The van der Waals surface area contributed by atoms with Gasteiger partial charge in [0, 0.05) is 30.4 Å². The molecule has 1 aromatic heterocycles. The molecule has 42 heavy (non-hydrogen) atoms. The minimum absolute atomic E-state index is 0.0163. The Morgan fingerprint density at radius 2 is 1.81 bits per heavy atom. The Hall–Kier alpha value is -4.15. The van der Waals surface area contributed by atoms with Gasteiger partial charge in [-0.2, -0.15) is 0 Å². The zero-order chi connectivity index (χ0) is 30.2. The fourth-order valence-corrected chi connectivity index (χ4v) is 5.37. The number of primary amides is 1. The fourth-order valence-electron chi connectivity index (χ4n) is 5.37. The van der Waals surface area contributed by atoms with E-state index in [0.29, 0.717) is 41.2 Å². The van der Waals surface area contributed by atoms with E-state index in [9.17, 15) is 19.2 Å². The number of ether oxygens (including phenoxy) is 4. The second kappa shape index (κ2) is 14.2. The molecule has 0 radical (unpaired) electrons. The maximum absolute atomic E-state index is 13.1. The van der Waals surface area contributed by atoms with Gasteiger partial charge in [0.15, 0.2) is 5.69 Å². The van der Waals surface area contributed by atoms with Gasteiger partial charge in [0.05, 0.1) is 39.3 Å². The third kappa shape index (κ3) is 7.57. The average Bonchev–Trinajstić information content (AvgIpc) is 3.65. The molecule has 226 valence electrons. The van der Waals surface area contributed by atoms with Crippen LogP contribution in [0.4, 0.5) is 0 Å². The Balaban J connectivity index is 1.29. The number of allylic oxidation sites excluding steroid dienone is 2. The summed E-state index contributed by atoms with van der Waals surface area (Å²) in [6.07, 6.45) is 9.68. The molecule has 4 rings (SSSR count). The molecule has 1 saturated carbocycles. The number of aromatic nitrogens is 1. The number of hydrogen-bond donors (Lipinski definition) is 1. The second-order valence-corrected chi connectivity index (χ2v) is 10.7. The fraction of sp³-hybridized carbons (Fsp3) is 0.516. The first-order valence-corrected chi connectivity index (χ1v) is 14.3. The molecule has 2 aliphatic rings. The quantitative estimate of drug-likeness (QED) is 0.201. The van der Waals surface area contributed by atoms with Crippen LogP contribution in [-0.4, -0.2) is 73.7 Å². The average molecular weight is 582 g/mol. The van der Waals surface area contributed by atoms with Crippen LogP contribution in [0.2, 0.25) is 0 Å². The van der Waals surface area contributed by atoms with E-state index >= 15 is 0 Å². The summed E-state index contributed by atoms with van der Waals surface area (Å²) in [5.41, 5.74) is 6.21. The highest BCUT2D eigenvalue weighted by Crippen LogP contribution is 2.40. The van der Waals surface area contributed by atoms with Gasteiger partial charge in [-0.3, -0.25) is 14.4 Å². The number of rotatable bonds is 14. The molecule has 0 bridgehead atoms. The lowest BCUT2D eigenvalue weighted by Crippen LogP contribution is -2.43. The standard InChI is InChI=1S/C31H39N3O8/c1-39-20-12-13-22-24(15-20)33-25(31(38)41-3)17-27(22)42-21-16-26(29(32)36)34(18-21)28(35)11-9-7-5-4-6-8-10-19-14-23(19)30(37)40-2/h8,10,12-13,15,17,19,21,23,26H,4-7,9,11,14,16,18H2,1-3H3,(H2,32,36)/b10-8-/t19-,21-,23+,26+/m1/s1. The topological polar surface area (TPSA) is 147 Å². The van der Waals surface area contributed by atoms with E-state index in [0.717, 1.165) is 32.1 Å². The number of fused-ring (bicyclic) bond motifs is 1. The first-order valence-electron chi connectivity index (χ1n) is 14.3. The van der Waals surface area contributed by atoms with Gasteiger partial charge in [-0.05, 0) is 43.7 Å². The van der Waals surface area contributed by atoms with Crippen LogP contribution >= 0.6 is 0 Å². The van der Waals surface area contributed by atoms with Crippen LogP contribution in [0, 0.1) is 11.8 Å². The first kappa shape index (κ1) is 30.8. The van der Waals surface area contributed by atoms with E-state index in [1.54, 1.807) is 18.2 Å². The number of carbonyl (C=O) groups is 4. The van der Waals surface area contributed by atoms with Crippen LogP contribution in [0.15, 0.2) is 36.4 Å². The van der Waals surface area contributed by atoms with Crippen molar-refractivity contribution in [1.82, 2.24) is 9.88 Å². The molecule has 11 heteroatoms. The van der Waals surface area contributed by atoms with Crippen LogP contribution in [0.1, 0.15) is 61.9 Å². The van der Waals surface area contributed by atoms with E-state index in [1.807, 2.05) is 0 Å². The molecule has 11 nitrogen and oxygen atoms in total. The normalized spacial score (nSPS) is 21.4. The summed E-state index contributed by atoms with van der Waals surface area (Å²) in [6.45, 7) is 0.207. The van der Waals surface area contributed by atoms with Gasteiger partial charge < -0.3 is 29.6 Å². The molecule has 0 spiro atoms. The smallest absolute Gasteiger partial charge is 0.356 e. The monoisotopic (exact) mass is 581 g/mol. The number of benzene rings is 1. The largest absolute Gasteiger partial charge is 0.497 e. The van der Waals surface area contributed by atoms with Crippen LogP contribution in [0.5, 0.6) is 11.5 Å². The minimum atomic E-state index is -0.767. The number of likely N-dealkylation sites (tertiary alicyclic amines) is 1. The summed E-state index contributed by atoms with van der Waals surface area (Å²) < 4.78 is 21.2. The summed E-state index contributed by atoms with van der Waals surface area (Å²) >= 11 is 0. The molecule has 4 atom stereocenters. The predicted molar refractivity (Wildman–Crippen MR) is 154 cm³/mol. The van der Waals surface area contributed by atoms with Crippen molar-refractivity contribution in [3.63, 3.8) is 0 Å². The Morgan fingerprint density at radius 1 is 1.02 bits per heavy atom. The second-order valence-electron chi connectivity index (χ2n) is 10.7. The number of pyridine rings is 1. The van der Waals surface area contributed by atoms with Crippen molar-refractivity contribution in [1.29, 1.82) is 0 Å². The molecule has 2 amide bonds. The maximum Gasteiger partial charge on any atom is 0.356 e. The van der Waals surface area contributed by atoms with E-state index in [1.165, 1.54) is 32.3 Å². The van der Waals surface area contributed by atoms with Crippen LogP contribution in [-0.2, 0) is 23.9 Å². The Kier molecular flexibility index (Phi) is 10.4. The highest BCUT2D eigenvalue weighted by Gasteiger charge is 2.42. The highest BCUT2D eigenvalue weighted by molar-refractivity contribution is 5.94. The molecule has 2 aromatic rings. The molecule has 2 heterocycles. The van der Waals surface area contributed by atoms with Crippen molar-refractivity contribution >= 4 is 34.7 Å². The SMILES string of the molecule is COC(=O)c1cc(O[C@@H]2C[C@@H](C(N)=O)N(C(=O)CCCCCC/C=C\[C@@H]3C[C@@H]3C(=O)OC)C2)c2ccc(OC)cc2n1. The maximum atomic E-state index is 13.1. The van der Waals surface area contributed by atoms with Crippen LogP contribution in [0.3, 0.4) is 0 Å². The predicted octanol–water partition coefficient (Wildman–Crippen LogP) is 3.57. The van der Waals surface area contributed by atoms with Crippen molar-refractivity contribution in [2.75, 3.05) is 27.9 Å². The Bertz CT molecular complexity index is 1340. The molecular weight excluding hydrogens is 542 g/mol. The van der Waals surface area contributed by atoms with E-state index in [2.05, 4.69) is 17.1 Å². The number of carbonyl (C=O) groups excluding carboxylic acids is 4. The van der Waals surface area contributed by atoms with Crippen LogP contribution < -0.4 is 15.2 Å². The molecule has 2 fully saturated rings. The van der Waals surface area contributed by atoms with Gasteiger partial charge in [0.25, 0.3) is 0 Å². The highest BCUT2D eigenvalue weighted by atomic mass is 16.5. The van der Waals surface area contributed by atoms with Gasteiger partial charge in [-0.25, -0.2) is 9.78 Å². The number of esters is 2. The van der Waals surface area contributed by atoms with E-state index in [-0.39, 0.29) is 36.5 Å². The summed E-state index contributed by atoms with van der Waals surface area (Å²) in [6, 6.07) is 5.96. The zero-order valence-corrected chi connectivity index (χ0v) is 24.4.